The fourth-order valence-electron chi connectivity index (χ4n) is 1.32. The third-order valence-corrected chi connectivity index (χ3v) is 2.05. The predicted octanol–water partition coefficient (Wildman–Crippen LogP) is 0.734. The van der Waals surface area contributed by atoms with Gasteiger partial charge >= 0.3 is 5.97 Å². The molecule has 1 aromatic heterocycles. The molecule has 0 saturated carbocycles. The Morgan fingerprint density at radius 1 is 1.19 bits per heavy atom. The number of benzene rings is 1. The molecular weight excluding hydrogens is 210 g/mol. The maximum atomic E-state index is 11.8. The zero-order valence-corrected chi connectivity index (χ0v) is 8.04. The SMILES string of the molecule is O=C(O)c1ccccc1C(=O)c1cn[nH]n1. The fraction of sp³-hybridized carbons (Fsp3) is 0. The van der Waals surface area contributed by atoms with Crippen LogP contribution in [0.2, 0.25) is 0 Å². The van der Waals surface area contributed by atoms with Crippen LogP contribution in [0.4, 0.5) is 0 Å². The highest BCUT2D eigenvalue weighted by atomic mass is 16.4. The molecule has 1 heterocycles. The van der Waals surface area contributed by atoms with Crippen molar-refractivity contribution in [2.24, 2.45) is 0 Å². The topological polar surface area (TPSA) is 95.9 Å². The Balaban J connectivity index is 2.49. The fourth-order valence-corrected chi connectivity index (χ4v) is 1.32. The number of carboxylic acids is 1. The number of aromatic nitrogens is 3. The third kappa shape index (κ3) is 1.68. The van der Waals surface area contributed by atoms with Crippen LogP contribution >= 0.6 is 0 Å². The molecule has 0 atom stereocenters. The number of hydrogen-bond acceptors (Lipinski definition) is 4. The lowest BCUT2D eigenvalue weighted by molar-refractivity contribution is 0.0692. The standard InChI is InChI=1S/C10H7N3O3/c14-9(8-5-11-13-12-8)6-3-1-2-4-7(6)10(15)16/h1-5H,(H,15,16)(H,11,12,13). The normalized spacial score (nSPS) is 10.0. The van der Waals surface area contributed by atoms with Crippen molar-refractivity contribution in [2.75, 3.05) is 0 Å². The lowest BCUT2D eigenvalue weighted by Gasteiger charge is -2.01. The molecule has 0 saturated heterocycles. The summed E-state index contributed by atoms with van der Waals surface area (Å²) in [5.41, 5.74) is 0.146. The van der Waals surface area contributed by atoms with E-state index in [1.807, 2.05) is 0 Å². The predicted molar refractivity (Wildman–Crippen MR) is 53.2 cm³/mol. The Hall–Kier alpha value is -2.50. The van der Waals surface area contributed by atoms with Crippen LogP contribution in [0.5, 0.6) is 0 Å². The van der Waals surface area contributed by atoms with Crippen LogP contribution in [0.25, 0.3) is 0 Å². The van der Waals surface area contributed by atoms with Gasteiger partial charge < -0.3 is 5.11 Å². The molecule has 0 aliphatic carbocycles. The van der Waals surface area contributed by atoms with Gasteiger partial charge in [-0.3, -0.25) is 4.79 Å². The van der Waals surface area contributed by atoms with Crippen LogP contribution in [0, 0.1) is 0 Å². The summed E-state index contributed by atoms with van der Waals surface area (Å²) in [7, 11) is 0. The van der Waals surface area contributed by atoms with E-state index in [0.717, 1.165) is 0 Å². The zero-order chi connectivity index (χ0) is 11.5. The molecule has 0 fully saturated rings. The summed E-state index contributed by atoms with van der Waals surface area (Å²) >= 11 is 0. The van der Waals surface area contributed by atoms with E-state index in [1.165, 1.54) is 18.3 Å². The van der Waals surface area contributed by atoms with Gasteiger partial charge in [0.1, 0.15) is 0 Å². The summed E-state index contributed by atoms with van der Waals surface area (Å²) in [4.78, 5) is 22.7. The molecule has 0 aliphatic rings. The highest BCUT2D eigenvalue weighted by molar-refractivity contribution is 6.13. The minimum Gasteiger partial charge on any atom is -0.478 e. The Bertz CT molecular complexity index is 534. The Morgan fingerprint density at radius 3 is 2.44 bits per heavy atom. The van der Waals surface area contributed by atoms with Gasteiger partial charge in [-0.25, -0.2) is 4.79 Å². The molecule has 80 valence electrons. The van der Waals surface area contributed by atoms with E-state index in [2.05, 4.69) is 15.4 Å². The number of ketones is 1. The number of aromatic carboxylic acids is 1. The first-order chi connectivity index (χ1) is 7.70. The molecule has 0 amide bonds. The Kier molecular flexibility index (Phi) is 2.47. The van der Waals surface area contributed by atoms with Crippen molar-refractivity contribution in [3.8, 4) is 0 Å². The minimum absolute atomic E-state index is 0.0458. The second-order valence-electron chi connectivity index (χ2n) is 3.04. The van der Waals surface area contributed by atoms with Gasteiger partial charge in [0.05, 0.1) is 11.8 Å². The third-order valence-electron chi connectivity index (χ3n) is 2.05. The van der Waals surface area contributed by atoms with E-state index in [-0.39, 0.29) is 16.8 Å². The highest BCUT2D eigenvalue weighted by Crippen LogP contribution is 2.12. The molecule has 1 aromatic carbocycles. The molecule has 2 N–H and O–H groups in total. The molecule has 0 radical (unpaired) electrons. The van der Waals surface area contributed by atoms with Gasteiger partial charge in [-0.1, -0.05) is 18.2 Å². The second-order valence-corrected chi connectivity index (χ2v) is 3.04. The number of rotatable bonds is 3. The van der Waals surface area contributed by atoms with E-state index in [0.29, 0.717) is 0 Å². The molecular formula is C10H7N3O3. The first kappa shape index (κ1) is 10.0. The highest BCUT2D eigenvalue weighted by Gasteiger charge is 2.18. The molecule has 0 bridgehead atoms. The average Bonchev–Trinajstić information content (AvgIpc) is 2.81. The Morgan fingerprint density at radius 2 is 1.88 bits per heavy atom. The van der Waals surface area contributed by atoms with Crippen molar-refractivity contribution >= 4 is 11.8 Å². The summed E-state index contributed by atoms with van der Waals surface area (Å²) < 4.78 is 0. The first-order valence-electron chi connectivity index (χ1n) is 4.43. The van der Waals surface area contributed by atoms with E-state index >= 15 is 0 Å². The van der Waals surface area contributed by atoms with Crippen molar-refractivity contribution in [3.63, 3.8) is 0 Å². The number of nitrogens with one attached hydrogen (secondary N) is 1. The van der Waals surface area contributed by atoms with Gasteiger partial charge in [0.25, 0.3) is 0 Å². The largest absolute Gasteiger partial charge is 0.478 e. The summed E-state index contributed by atoms with van der Waals surface area (Å²) in [6.07, 6.45) is 1.25. The van der Waals surface area contributed by atoms with Gasteiger partial charge in [-0.15, -0.1) is 0 Å². The maximum Gasteiger partial charge on any atom is 0.336 e. The maximum absolute atomic E-state index is 11.8. The Labute approximate surface area is 89.9 Å². The lowest BCUT2D eigenvalue weighted by Crippen LogP contribution is -2.09. The monoisotopic (exact) mass is 217 g/mol. The number of nitrogens with zero attached hydrogens (tertiary/aromatic N) is 2. The summed E-state index contributed by atoms with van der Waals surface area (Å²) in [6.45, 7) is 0. The van der Waals surface area contributed by atoms with Crippen molar-refractivity contribution in [3.05, 3.63) is 47.3 Å². The van der Waals surface area contributed by atoms with Gasteiger partial charge in [-0.2, -0.15) is 15.4 Å². The number of aromatic amines is 1. The van der Waals surface area contributed by atoms with Crippen molar-refractivity contribution in [1.82, 2.24) is 15.4 Å². The summed E-state index contributed by atoms with van der Waals surface area (Å²) in [5.74, 6) is -1.61. The van der Waals surface area contributed by atoms with Gasteiger partial charge in [0.2, 0.25) is 5.78 Å². The smallest absolute Gasteiger partial charge is 0.336 e. The summed E-state index contributed by atoms with van der Waals surface area (Å²) in [6, 6.07) is 5.97. The molecule has 6 heteroatoms. The van der Waals surface area contributed by atoms with Crippen LogP contribution in [0.3, 0.4) is 0 Å². The van der Waals surface area contributed by atoms with E-state index < -0.39 is 11.8 Å². The van der Waals surface area contributed by atoms with Crippen molar-refractivity contribution in [2.45, 2.75) is 0 Å². The zero-order valence-electron chi connectivity index (χ0n) is 8.04. The number of carbonyl (C=O) groups is 2. The number of carbonyl (C=O) groups excluding carboxylic acids is 1. The molecule has 0 spiro atoms. The van der Waals surface area contributed by atoms with E-state index in [1.54, 1.807) is 12.1 Å². The number of H-pyrrole nitrogens is 1. The van der Waals surface area contributed by atoms with Crippen LogP contribution in [-0.2, 0) is 0 Å². The average molecular weight is 217 g/mol. The van der Waals surface area contributed by atoms with Gasteiger partial charge in [0, 0.05) is 5.56 Å². The summed E-state index contributed by atoms with van der Waals surface area (Å²) in [5, 5.41) is 18.3. The van der Waals surface area contributed by atoms with Crippen molar-refractivity contribution in [1.29, 1.82) is 0 Å². The quantitative estimate of drug-likeness (QED) is 0.739. The van der Waals surface area contributed by atoms with Crippen LogP contribution < -0.4 is 0 Å². The number of hydrogen-bond donors (Lipinski definition) is 2. The van der Waals surface area contributed by atoms with Gasteiger partial charge in [0.15, 0.2) is 5.69 Å². The molecule has 2 rings (SSSR count). The van der Waals surface area contributed by atoms with Crippen LogP contribution in [0.1, 0.15) is 26.4 Å². The molecule has 2 aromatic rings. The molecule has 16 heavy (non-hydrogen) atoms. The first-order valence-corrected chi connectivity index (χ1v) is 4.43. The molecule has 0 unspecified atom stereocenters. The van der Waals surface area contributed by atoms with Crippen molar-refractivity contribution < 1.29 is 14.7 Å². The van der Waals surface area contributed by atoms with E-state index in [4.69, 9.17) is 5.11 Å². The minimum atomic E-state index is -1.15. The van der Waals surface area contributed by atoms with Crippen LogP contribution in [0.15, 0.2) is 30.5 Å². The van der Waals surface area contributed by atoms with E-state index in [9.17, 15) is 9.59 Å². The molecule has 6 nitrogen and oxygen atoms in total. The second kappa shape index (κ2) is 3.93. The van der Waals surface area contributed by atoms with Gasteiger partial charge in [-0.05, 0) is 6.07 Å². The lowest BCUT2D eigenvalue weighted by atomic mass is 10.0. The number of carboxylic acid groups (broad SMARTS) is 1. The van der Waals surface area contributed by atoms with Crippen LogP contribution in [-0.4, -0.2) is 32.3 Å². The molecule has 0 aliphatic heterocycles.